The molecule has 1 fully saturated rings. The molecule has 0 radical (unpaired) electrons. The zero-order chi connectivity index (χ0) is 21.1. The van der Waals surface area contributed by atoms with Crippen molar-refractivity contribution in [2.45, 2.75) is 38.5 Å². The third-order valence-electron chi connectivity index (χ3n) is 5.46. The average Bonchev–Trinajstić information content (AvgIpc) is 2.85. The summed E-state index contributed by atoms with van der Waals surface area (Å²) in [6.07, 6.45) is 4.63. The van der Waals surface area contributed by atoms with Crippen molar-refractivity contribution >= 4 is 23.1 Å². The highest BCUT2D eigenvalue weighted by molar-refractivity contribution is 6.33. The van der Waals surface area contributed by atoms with Gasteiger partial charge in [-0.2, -0.15) is 0 Å². The minimum atomic E-state index is -1.35. The molecule has 0 bridgehead atoms. The molecule has 0 amide bonds. The van der Waals surface area contributed by atoms with Gasteiger partial charge in [0.05, 0.1) is 25.7 Å². The van der Waals surface area contributed by atoms with Gasteiger partial charge in [0.15, 0.2) is 34.6 Å². The first-order valence-electron chi connectivity index (χ1n) is 9.61. The standard InChI is InChI=1S/C23H24O6/c1-13-7-9-15(14-8-10-19(28-2)20(12-14)29-3)22(26)16(11-13)23(27)21-17(24)5-4-6-18(21)25/h7-8,10-12,15,21H,4-6,9H2,1-3H3. The van der Waals surface area contributed by atoms with Crippen LogP contribution in [0.2, 0.25) is 0 Å². The van der Waals surface area contributed by atoms with Crippen molar-refractivity contribution in [1.82, 2.24) is 0 Å². The summed E-state index contributed by atoms with van der Waals surface area (Å²) < 4.78 is 10.6. The summed E-state index contributed by atoms with van der Waals surface area (Å²) in [5.74, 6) is -2.80. The van der Waals surface area contributed by atoms with Gasteiger partial charge in [0, 0.05) is 12.8 Å². The molecule has 1 atom stereocenters. The molecule has 2 aliphatic carbocycles. The first kappa shape index (κ1) is 20.7. The fourth-order valence-corrected chi connectivity index (χ4v) is 3.86. The molecular weight excluding hydrogens is 372 g/mol. The molecule has 3 rings (SSSR count). The van der Waals surface area contributed by atoms with E-state index < -0.39 is 29.2 Å². The van der Waals surface area contributed by atoms with Crippen molar-refractivity contribution in [3.63, 3.8) is 0 Å². The minimum Gasteiger partial charge on any atom is -0.493 e. The molecule has 6 nitrogen and oxygen atoms in total. The number of methoxy groups -OCH3 is 2. The molecule has 0 aliphatic heterocycles. The Kier molecular flexibility index (Phi) is 6.11. The van der Waals surface area contributed by atoms with E-state index in [1.165, 1.54) is 20.3 Å². The maximum Gasteiger partial charge on any atom is 0.184 e. The Morgan fingerprint density at radius 2 is 1.66 bits per heavy atom. The maximum absolute atomic E-state index is 13.3. The summed E-state index contributed by atoms with van der Waals surface area (Å²) in [4.78, 5) is 50.9. The van der Waals surface area contributed by atoms with Crippen molar-refractivity contribution < 1.29 is 28.7 Å². The highest BCUT2D eigenvalue weighted by Gasteiger charge is 2.40. The maximum atomic E-state index is 13.3. The first-order valence-corrected chi connectivity index (χ1v) is 9.61. The molecule has 29 heavy (non-hydrogen) atoms. The van der Waals surface area contributed by atoms with Crippen LogP contribution in [0.25, 0.3) is 0 Å². The van der Waals surface area contributed by atoms with Gasteiger partial charge >= 0.3 is 0 Å². The topological polar surface area (TPSA) is 86.7 Å². The van der Waals surface area contributed by atoms with Crippen molar-refractivity contribution in [1.29, 1.82) is 0 Å². The quantitative estimate of drug-likeness (QED) is 0.561. The summed E-state index contributed by atoms with van der Waals surface area (Å²) in [5, 5.41) is 0. The molecule has 1 saturated carbocycles. The van der Waals surface area contributed by atoms with Crippen LogP contribution in [0.15, 0.2) is 41.5 Å². The Morgan fingerprint density at radius 3 is 2.28 bits per heavy atom. The average molecular weight is 396 g/mol. The van der Waals surface area contributed by atoms with Crippen LogP contribution < -0.4 is 9.47 Å². The van der Waals surface area contributed by atoms with Crippen LogP contribution in [-0.2, 0) is 19.2 Å². The van der Waals surface area contributed by atoms with Crippen molar-refractivity contribution in [3.8, 4) is 11.5 Å². The summed E-state index contributed by atoms with van der Waals surface area (Å²) in [6.45, 7) is 1.79. The number of Topliss-reactive ketones (excluding diaryl/α,β-unsaturated/α-hetero) is 4. The molecule has 0 N–H and O–H groups in total. The molecule has 6 heteroatoms. The fraction of sp³-hybridized carbons (Fsp3) is 0.391. The van der Waals surface area contributed by atoms with Crippen LogP contribution in [0, 0.1) is 5.92 Å². The van der Waals surface area contributed by atoms with Crippen LogP contribution in [0.1, 0.15) is 44.1 Å². The second kappa shape index (κ2) is 8.55. The second-order valence-corrected chi connectivity index (χ2v) is 7.36. The molecule has 0 aromatic heterocycles. The molecule has 0 saturated heterocycles. The molecule has 1 aromatic rings. The largest absolute Gasteiger partial charge is 0.493 e. The monoisotopic (exact) mass is 396 g/mol. The lowest BCUT2D eigenvalue weighted by Crippen LogP contribution is -2.38. The van der Waals surface area contributed by atoms with Gasteiger partial charge in [-0.05, 0) is 43.5 Å². The number of allylic oxidation sites excluding steroid dienone is 4. The number of hydrogen-bond donors (Lipinski definition) is 0. The molecule has 1 unspecified atom stereocenters. The second-order valence-electron chi connectivity index (χ2n) is 7.36. The molecular formula is C23H24O6. The fourth-order valence-electron chi connectivity index (χ4n) is 3.86. The number of rotatable bonds is 5. The summed E-state index contributed by atoms with van der Waals surface area (Å²) in [7, 11) is 3.04. The number of ketones is 4. The van der Waals surface area contributed by atoms with E-state index in [4.69, 9.17) is 9.47 Å². The number of benzene rings is 1. The number of carbonyl (C=O) groups excluding carboxylic acids is 4. The molecule has 152 valence electrons. The van der Waals surface area contributed by atoms with E-state index >= 15 is 0 Å². The minimum absolute atomic E-state index is 0.0790. The molecule has 0 heterocycles. The third kappa shape index (κ3) is 4.06. The first-order chi connectivity index (χ1) is 13.9. The lowest BCUT2D eigenvalue weighted by atomic mass is 9.78. The van der Waals surface area contributed by atoms with E-state index in [0.29, 0.717) is 29.9 Å². The Bertz CT molecular complexity index is 921. The SMILES string of the molecule is COc1ccc(C2CC=C(C)C=C(C(=O)C3C(=O)CCCC3=O)C2=O)cc1OC. The van der Waals surface area contributed by atoms with Gasteiger partial charge < -0.3 is 9.47 Å². The van der Waals surface area contributed by atoms with Crippen LogP contribution in [0.4, 0.5) is 0 Å². The molecule has 1 aromatic carbocycles. The van der Waals surface area contributed by atoms with Gasteiger partial charge in [-0.1, -0.05) is 17.7 Å². The zero-order valence-electron chi connectivity index (χ0n) is 16.8. The Labute approximate surface area is 169 Å². The highest BCUT2D eigenvalue weighted by atomic mass is 16.5. The predicted molar refractivity (Wildman–Crippen MR) is 106 cm³/mol. The van der Waals surface area contributed by atoms with Crippen molar-refractivity contribution in [3.05, 3.63) is 47.1 Å². The molecule has 0 spiro atoms. The van der Waals surface area contributed by atoms with Gasteiger partial charge in [0.25, 0.3) is 0 Å². The van der Waals surface area contributed by atoms with Gasteiger partial charge in [0.1, 0.15) is 5.92 Å². The number of hydrogen-bond acceptors (Lipinski definition) is 6. The third-order valence-corrected chi connectivity index (χ3v) is 5.46. The van der Waals surface area contributed by atoms with Crippen molar-refractivity contribution in [2.24, 2.45) is 5.92 Å². The van der Waals surface area contributed by atoms with E-state index in [1.54, 1.807) is 25.1 Å². The van der Waals surface area contributed by atoms with Crippen LogP contribution >= 0.6 is 0 Å². The lowest BCUT2D eigenvalue weighted by Gasteiger charge is -2.21. The number of carbonyl (C=O) groups is 4. The Hall–Kier alpha value is -3.02. The van der Waals surface area contributed by atoms with Gasteiger partial charge in [-0.25, -0.2) is 0 Å². The zero-order valence-corrected chi connectivity index (χ0v) is 16.8. The van der Waals surface area contributed by atoms with Gasteiger partial charge in [-0.15, -0.1) is 0 Å². The number of ether oxygens (including phenoxy) is 2. The van der Waals surface area contributed by atoms with Gasteiger partial charge in [-0.3, -0.25) is 19.2 Å². The van der Waals surface area contributed by atoms with Crippen LogP contribution in [0.3, 0.4) is 0 Å². The molecule has 2 aliphatic rings. The summed E-state index contributed by atoms with van der Waals surface area (Å²) in [6, 6.07) is 5.19. The van der Waals surface area contributed by atoms with E-state index in [-0.39, 0.29) is 24.2 Å². The normalized spacial score (nSPS) is 20.7. The Balaban J connectivity index is 1.98. The Morgan fingerprint density at radius 1 is 1.00 bits per heavy atom. The highest BCUT2D eigenvalue weighted by Crippen LogP contribution is 2.36. The van der Waals surface area contributed by atoms with E-state index in [2.05, 4.69) is 0 Å². The van der Waals surface area contributed by atoms with Gasteiger partial charge in [0.2, 0.25) is 0 Å². The van der Waals surface area contributed by atoms with Crippen LogP contribution in [0.5, 0.6) is 11.5 Å². The van der Waals surface area contributed by atoms with E-state index in [9.17, 15) is 19.2 Å². The van der Waals surface area contributed by atoms with Crippen LogP contribution in [-0.4, -0.2) is 37.4 Å². The lowest BCUT2D eigenvalue weighted by molar-refractivity contribution is -0.140. The van der Waals surface area contributed by atoms with E-state index in [0.717, 1.165) is 5.57 Å². The van der Waals surface area contributed by atoms with E-state index in [1.807, 2.05) is 6.08 Å². The summed E-state index contributed by atoms with van der Waals surface area (Å²) >= 11 is 0. The van der Waals surface area contributed by atoms with Crippen molar-refractivity contribution in [2.75, 3.05) is 14.2 Å². The smallest absolute Gasteiger partial charge is 0.184 e. The summed E-state index contributed by atoms with van der Waals surface area (Å²) in [5.41, 5.74) is 1.35. The predicted octanol–water partition coefficient (Wildman–Crippen LogP) is 3.14.